The summed E-state index contributed by atoms with van der Waals surface area (Å²) in [4.78, 5) is 11.6. The van der Waals surface area contributed by atoms with Gasteiger partial charge in [-0.3, -0.25) is 9.89 Å². The number of hydrogen-bond acceptors (Lipinski definition) is 4. The van der Waals surface area contributed by atoms with Crippen molar-refractivity contribution in [3.8, 4) is 0 Å². The van der Waals surface area contributed by atoms with Gasteiger partial charge in [0.15, 0.2) is 0 Å². The lowest BCUT2D eigenvalue weighted by Gasteiger charge is -2.03. The molecule has 0 unspecified atom stereocenters. The first-order chi connectivity index (χ1) is 7.75. The SMILES string of the molecule is Cc1[nH]ncc1C(=O)NCCSCCCO. The predicted octanol–water partition coefficient (Wildman–Crippen LogP) is 0.564. The van der Waals surface area contributed by atoms with Crippen molar-refractivity contribution >= 4 is 17.7 Å². The Balaban J connectivity index is 2.14. The number of nitrogens with zero attached hydrogens (tertiary/aromatic N) is 1. The van der Waals surface area contributed by atoms with Gasteiger partial charge in [0.1, 0.15) is 0 Å². The Hall–Kier alpha value is -1.01. The Kier molecular flexibility index (Phi) is 5.95. The van der Waals surface area contributed by atoms with Crippen LogP contribution < -0.4 is 5.32 Å². The fraction of sp³-hybridized carbons (Fsp3) is 0.600. The van der Waals surface area contributed by atoms with Crippen LogP contribution in [0.1, 0.15) is 22.5 Å². The van der Waals surface area contributed by atoms with Gasteiger partial charge in [-0.2, -0.15) is 16.9 Å². The first-order valence-corrected chi connectivity index (χ1v) is 6.38. The molecule has 1 rings (SSSR count). The molecule has 0 saturated heterocycles. The number of rotatable bonds is 7. The van der Waals surface area contributed by atoms with Gasteiger partial charge in [-0.05, 0) is 19.1 Å². The molecule has 16 heavy (non-hydrogen) atoms. The minimum Gasteiger partial charge on any atom is -0.396 e. The van der Waals surface area contributed by atoms with Crippen molar-refractivity contribution < 1.29 is 9.90 Å². The first-order valence-electron chi connectivity index (χ1n) is 5.22. The van der Waals surface area contributed by atoms with Gasteiger partial charge in [-0.1, -0.05) is 0 Å². The van der Waals surface area contributed by atoms with E-state index in [2.05, 4.69) is 15.5 Å². The molecule has 1 amide bonds. The number of aliphatic hydroxyl groups excluding tert-OH is 1. The summed E-state index contributed by atoms with van der Waals surface area (Å²) in [5.74, 6) is 1.70. The van der Waals surface area contributed by atoms with Gasteiger partial charge in [-0.25, -0.2) is 0 Å². The number of aliphatic hydroxyl groups is 1. The molecule has 0 fully saturated rings. The van der Waals surface area contributed by atoms with Gasteiger partial charge in [0.2, 0.25) is 0 Å². The van der Waals surface area contributed by atoms with E-state index >= 15 is 0 Å². The smallest absolute Gasteiger partial charge is 0.254 e. The number of carbonyl (C=O) groups excluding carboxylic acids is 1. The van der Waals surface area contributed by atoms with Gasteiger partial charge < -0.3 is 10.4 Å². The van der Waals surface area contributed by atoms with Crippen LogP contribution in [0.4, 0.5) is 0 Å². The van der Waals surface area contributed by atoms with Crippen LogP contribution in [-0.2, 0) is 0 Å². The molecule has 3 N–H and O–H groups in total. The number of hydrogen-bond donors (Lipinski definition) is 3. The zero-order valence-corrected chi connectivity index (χ0v) is 10.1. The van der Waals surface area contributed by atoms with E-state index in [1.807, 2.05) is 6.92 Å². The Labute approximate surface area is 99.0 Å². The van der Waals surface area contributed by atoms with Crippen LogP contribution in [0.2, 0.25) is 0 Å². The fourth-order valence-electron chi connectivity index (χ4n) is 1.18. The van der Waals surface area contributed by atoms with Gasteiger partial charge in [-0.15, -0.1) is 0 Å². The molecule has 0 spiro atoms. The maximum absolute atomic E-state index is 11.6. The third kappa shape index (κ3) is 4.24. The molecule has 6 heteroatoms. The van der Waals surface area contributed by atoms with E-state index in [4.69, 9.17) is 5.11 Å². The second-order valence-corrected chi connectivity index (χ2v) is 4.58. The van der Waals surface area contributed by atoms with Crippen molar-refractivity contribution in [3.63, 3.8) is 0 Å². The molecule has 1 aromatic heterocycles. The third-order valence-corrected chi connectivity index (χ3v) is 3.12. The van der Waals surface area contributed by atoms with Crippen molar-refractivity contribution in [2.45, 2.75) is 13.3 Å². The number of carbonyl (C=O) groups is 1. The summed E-state index contributed by atoms with van der Waals surface area (Å²) in [5.41, 5.74) is 1.38. The summed E-state index contributed by atoms with van der Waals surface area (Å²) in [5, 5.41) is 17.9. The fourth-order valence-corrected chi connectivity index (χ4v) is 1.96. The van der Waals surface area contributed by atoms with Crippen molar-refractivity contribution in [2.24, 2.45) is 0 Å². The molecule has 0 aliphatic rings. The average molecular weight is 243 g/mol. The first kappa shape index (κ1) is 13.1. The van der Waals surface area contributed by atoms with Crippen LogP contribution in [0.5, 0.6) is 0 Å². The Morgan fingerprint density at radius 1 is 1.62 bits per heavy atom. The van der Waals surface area contributed by atoms with Crippen LogP contribution in [0.3, 0.4) is 0 Å². The van der Waals surface area contributed by atoms with E-state index in [1.54, 1.807) is 11.8 Å². The van der Waals surface area contributed by atoms with Crippen molar-refractivity contribution in [1.29, 1.82) is 0 Å². The molecule has 0 aromatic carbocycles. The number of aryl methyl sites for hydroxylation is 1. The highest BCUT2D eigenvalue weighted by Gasteiger charge is 2.09. The minimum absolute atomic E-state index is 0.0889. The van der Waals surface area contributed by atoms with E-state index in [0.717, 1.165) is 23.6 Å². The normalized spacial score (nSPS) is 10.4. The summed E-state index contributed by atoms with van der Waals surface area (Å²) in [6, 6.07) is 0. The lowest BCUT2D eigenvalue weighted by atomic mass is 10.2. The molecule has 0 aliphatic heterocycles. The predicted molar refractivity (Wildman–Crippen MR) is 64.7 cm³/mol. The second kappa shape index (κ2) is 7.29. The molecular weight excluding hydrogens is 226 g/mol. The molecule has 90 valence electrons. The molecular formula is C10H17N3O2S. The number of nitrogens with one attached hydrogen (secondary N) is 2. The molecule has 0 aliphatic carbocycles. The molecule has 1 aromatic rings. The lowest BCUT2D eigenvalue weighted by molar-refractivity contribution is 0.0955. The standard InChI is InChI=1S/C10H17N3O2S/c1-8-9(7-12-13-8)10(15)11-3-6-16-5-2-4-14/h7,14H,2-6H2,1H3,(H,11,15)(H,12,13). The quantitative estimate of drug-likeness (QED) is 0.612. The lowest BCUT2D eigenvalue weighted by Crippen LogP contribution is -2.26. The van der Waals surface area contributed by atoms with E-state index in [-0.39, 0.29) is 12.5 Å². The highest BCUT2D eigenvalue weighted by Crippen LogP contribution is 2.03. The summed E-state index contributed by atoms with van der Waals surface area (Å²) >= 11 is 1.72. The van der Waals surface area contributed by atoms with Gasteiger partial charge in [0, 0.05) is 24.6 Å². The zero-order chi connectivity index (χ0) is 11.8. The molecule has 0 atom stereocenters. The Morgan fingerprint density at radius 3 is 3.06 bits per heavy atom. The highest BCUT2D eigenvalue weighted by molar-refractivity contribution is 7.99. The van der Waals surface area contributed by atoms with Crippen LogP contribution in [-0.4, -0.2) is 45.9 Å². The van der Waals surface area contributed by atoms with Gasteiger partial charge in [0.05, 0.1) is 11.8 Å². The minimum atomic E-state index is -0.0889. The average Bonchev–Trinajstić information content (AvgIpc) is 2.69. The van der Waals surface area contributed by atoms with Crippen molar-refractivity contribution in [1.82, 2.24) is 15.5 Å². The second-order valence-electron chi connectivity index (χ2n) is 3.35. The van der Waals surface area contributed by atoms with E-state index in [1.165, 1.54) is 6.20 Å². The van der Waals surface area contributed by atoms with Crippen LogP contribution >= 0.6 is 11.8 Å². The Bertz CT molecular complexity index is 328. The number of thioether (sulfide) groups is 1. The van der Waals surface area contributed by atoms with Crippen molar-refractivity contribution in [3.05, 3.63) is 17.5 Å². The van der Waals surface area contributed by atoms with Crippen LogP contribution in [0, 0.1) is 6.92 Å². The van der Waals surface area contributed by atoms with Gasteiger partial charge >= 0.3 is 0 Å². The van der Waals surface area contributed by atoms with Crippen LogP contribution in [0.15, 0.2) is 6.20 Å². The number of amides is 1. The van der Waals surface area contributed by atoms with Gasteiger partial charge in [0.25, 0.3) is 5.91 Å². The number of H-pyrrole nitrogens is 1. The summed E-state index contributed by atoms with van der Waals surface area (Å²) in [6.07, 6.45) is 2.34. The summed E-state index contributed by atoms with van der Waals surface area (Å²) in [6.45, 7) is 2.69. The molecule has 5 nitrogen and oxygen atoms in total. The van der Waals surface area contributed by atoms with Crippen molar-refractivity contribution in [2.75, 3.05) is 24.7 Å². The number of aromatic nitrogens is 2. The molecule has 1 heterocycles. The van der Waals surface area contributed by atoms with E-state index in [0.29, 0.717) is 12.1 Å². The highest BCUT2D eigenvalue weighted by atomic mass is 32.2. The molecule has 0 radical (unpaired) electrons. The topological polar surface area (TPSA) is 78.0 Å². The summed E-state index contributed by atoms with van der Waals surface area (Å²) < 4.78 is 0. The monoisotopic (exact) mass is 243 g/mol. The van der Waals surface area contributed by atoms with E-state index in [9.17, 15) is 4.79 Å². The largest absolute Gasteiger partial charge is 0.396 e. The number of aromatic amines is 1. The zero-order valence-electron chi connectivity index (χ0n) is 9.32. The van der Waals surface area contributed by atoms with E-state index < -0.39 is 0 Å². The molecule has 0 saturated carbocycles. The Morgan fingerprint density at radius 2 is 2.44 bits per heavy atom. The summed E-state index contributed by atoms with van der Waals surface area (Å²) in [7, 11) is 0. The maximum Gasteiger partial charge on any atom is 0.254 e. The van der Waals surface area contributed by atoms with Crippen LogP contribution in [0.25, 0.3) is 0 Å². The third-order valence-electron chi connectivity index (χ3n) is 2.05. The molecule has 0 bridgehead atoms. The maximum atomic E-state index is 11.6.